The van der Waals surface area contributed by atoms with Gasteiger partial charge in [-0.2, -0.15) is 0 Å². The van der Waals surface area contributed by atoms with Crippen molar-refractivity contribution in [1.82, 2.24) is 15.2 Å². The van der Waals surface area contributed by atoms with Crippen LogP contribution in [-0.2, 0) is 11.3 Å². The number of pyridine rings is 1. The van der Waals surface area contributed by atoms with Crippen molar-refractivity contribution < 1.29 is 18.7 Å². The third-order valence-corrected chi connectivity index (χ3v) is 4.41. The van der Waals surface area contributed by atoms with Crippen molar-refractivity contribution >= 4 is 18.1 Å². The molecule has 1 saturated heterocycles. The Bertz CT molecular complexity index is 829. The van der Waals surface area contributed by atoms with Crippen LogP contribution in [0, 0.1) is 12.7 Å². The number of amides is 3. The molecule has 0 radical (unpaired) electrons. The Balaban J connectivity index is 1.56. The van der Waals surface area contributed by atoms with Crippen molar-refractivity contribution in [1.29, 1.82) is 0 Å². The number of carbonyl (C=O) groups is 2. The van der Waals surface area contributed by atoms with E-state index < -0.39 is 11.8 Å². The molecule has 0 saturated carbocycles. The average molecular weight is 386 g/mol. The molecule has 7 nitrogen and oxygen atoms in total. The van der Waals surface area contributed by atoms with Gasteiger partial charge in [-0.3, -0.25) is 9.78 Å². The lowest BCUT2D eigenvalue weighted by Gasteiger charge is -2.30. The number of ether oxygens (including phenoxy) is 1. The van der Waals surface area contributed by atoms with Gasteiger partial charge in [0, 0.05) is 24.8 Å². The standard InChI is InChI=1S/C20H23FN4O3/c1-14-4-5-17(11-22-14)24-20(27)23-10-15-7-16(21)9-19(8-15)28-18-3-2-6-25(12-18)13-26/h4-5,7-9,11,13,18H,2-3,6,10,12H2,1H3,(H2,23,24,27). The third kappa shape index (κ3) is 5.67. The Morgan fingerprint density at radius 1 is 1.39 bits per heavy atom. The Morgan fingerprint density at radius 2 is 2.25 bits per heavy atom. The highest BCUT2D eigenvalue weighted by molar-refractivity contribution is 5.88. The molecule has 2 heterocycles. The molecular weight excluding hydrogens is 363 g/mol. The molecular formula is C20H23FN4O3. The second kappa shape index (κ2) is 9.16. The minimum absolute atomic E-state index is 0.143. The van der Waals surface area contributed by atoms with Gasteiger partial charge in [0.1, 0.15) is 17.7 Å². The largest absolute Gasteiger partial charge is 0.488 e. The molecule has 0 aliphatic carbocycles. The molecule has 0 spiro atoms. The summed E-state index contributed by atoms with van der Waals surface area (Å²) in [6.07, 6.45) is 3.86. The van der Waals surface area contributed by atoms with Crippen LogP contribution in [0.25, 0.3) is 0 Å². The van der Waals surface area contributed by atoms with Gasteiger partial charge in [0.05, 0.1) is 18.4 Å². The predicted octanol–water partition coefficient (Wildman–Crippen LogP) is 2.85. The SMILES string of the molecule is Cc1ccc(NC(=O)NCc2cc(F)cc(OC3CCCN(C=O)C3)c2)cn1. The second-order valence-electron chi connectivity index (χ2n) is 6.77. The molecule has 8 heteroatoms. The maximum absolute atomic E-state index is 14.0. The number of halogens is 1. The van der Waals surface area contributed by atoms with Crippen molar-refractivity contribution in [2.45, 2.75) is 32.4 Å². The van der Waals surface area contributed by atoms with Gasteiger partial charge in [0.15, 0.2) is 0 Å². The van der Waals surface area contributed by atoms with E-state index in [0.29, 0.717) is 30.1 Å². The normalized spacial score (nSPS) is 16.4. The van der Waals surface area contributed by atoms with Gasteiger partial charge in [-0.1, -0.05) is 0 Å². The number of rotatable bonds is 6. The summed E-state index contributed by atoms with van der Waals surface area (Å²) in [6, 6.07) is 7.48. The van der Waals surface area contributed by atoms with Crippen molar-refractivity contribution in [3.63, 3.8) is 0 Å². The zero-order valence-electron chi connectivity index (χ0n) is 15.7. The molecule has 3 rings (SSSR count). The van der Waals surface area contributed by atoms with Gasteiger partial charge in [-0.25, -0.2) is 9.18 Å². The van der Waals surface area contributed by atoms with Crippen LogP contribution >= 0.6 is 0 Å². The lowest BCUT2D eigenvalue weighted by molar-refractivity contribution is -0.120. The molecule has 1 unspecified atom stereocenters. The lowest BCUT2D eigenvalue weighted by Crippen LogP contribution is -2.40. The van der Waals surface area contributed by atoms with E-state index in [9.17, 15) is 14.0 Å². The summed E-state index contributed by atoms with van der Waals surface area (Å²) in [5.41, 5.74) is 2.01. The number of likely N-dealkylation sites (tertiary alicyclic amines) is 1. The average Bonchev–Trinajstić information content (AvgIpc) is 2.68. The monoisotopic (exact) mass is 386 g/mol. The number of carbonyl (C=O) groups excluding carboxylic acids is 2. The summed E-state index contributed by atoms with van der Waals surface area (Å²) in [6.45, 7) is 3.20. The smallest absolute Gasteiger partial charge is 0.319 e. The number of aromatic nitrogens is 1. The fraction of sp³-hybridized carbons (Fsp3) is 0.350. The summed E-state index contributed by atoms with van der Waals surface area (Å²) in [5.74, 6) is -0.0572. The molecule has 1 aliphatic heterocycles. The molecule has 1 aliphatic rings. The zero-order valence-corrected chi connectivity index (χ0v) is 15.7. The molecule has 2 aromatic rings. The lowest BCUT2D eigenvalue weighted by atomic mass is 10.1. The van der Waals surface area contributed by atoms with E-state index >= 15 is 0 Å². The molecule has 1 fully saturated rings. The molecule has 1 aromatic carbocycles. The van der Waals surface area contributed by atoms with Gasteiger partial charge < -0.3 is 20.3 Å². The van der Waals surface area contributed by atoms with E-state index in [2.05, 4.69) is 15.6 Å². The van der Waals surface area contributed by atoms with Crippen LogP contribution in [0.2, 0.25) is 0 Å². The number of benzene rings is 1. The van der Waals surface area contributed by atoms with E-state index in [1.807, 2.05) is 6.92 Å². The number of nitrogens with zero attached hydrogens (tertiary/aromatic N) is 2. The molecule has 2 N–H and O–H groups in total. The number of urea groups is 1. The number of aryl methyl sites for hydroxylation is 1. The van der Waals surface area contributed by atoms with Crippen molar-refractivity contribution in [3.05, 3.63) is 53.6 Å². The van der Waals surface area contributed by atoms with Gasteiger partial charge in [0.2, 0.25) is 6.41 Å². The van der Waals surface area contributed by atoms with E-state index in [1.165, 1.54) is 12.1 Å². The minimum Gasteiger partial charge on any atom is -0.488 e. The summed E-state index contributed by atoms with van der Waals surface area (Å²) in [5, 5.41) is 5.35. The van der Waals surface area contributed by atoms with Crippen LogP contribution in [0.3, 0.4) is 0 Å². The van der Waals surface area contributed by atoms with Gasteiger partial charge in [0.25, 0.3) is 0 Å². The highest BCUT2D eigenvalue weighted by atomic mass is 19.1. The van der Waals surface area contributed by atoms with Gasteiger partial charge in [-0.15, -0.1) is 0 Å². The van der Waals surface area contributed by atoms with Crippen LogP contribution in [-0.4, -0.2) is 41.5 Å². The zero-order chi connectivity index (χ0) is 19.9. The number of nitrogens with one attached hydrogen (secondary N) is 2. The number of hydrogen-bond donors (Lipinski definition) is 2. The molecule has 1 atom stereocenters. The van der Waals surface area contributed by atoms with E-state index in [0.717, 1.165) is 24.9 Å². The first-order valence-corrected chi connectivity index (χ1v) is 9.15. The second-order valence-corrected chi connectivity index (χ2v) is 6.77. The molecule has 3 amide bonds. The quantitative estimate of drug-likeness (QED) is 0.748. The highest BCUT2D eigenvalue weighted by Gasteiger charge is 2.20. The summed E-state index contributed by atoms with van der Waals surface area (Å²) < 4.78 is 19.8. The molecule has 28 heavy (non-hydrogen) atoms. The summed E-state index contributed by atoms with van der Waals surface area (Å²) in [4.78, 5) is 28.7. The van der Waals surface area contributed by atoms with Crippen molar-refractivity contribution in [2.24, 2.45) is 0 Å². The van der Waals surface area contributed by atoms with Crippen LogP contribution in [0.15, 0.2) is 36.5 Å². The topological polar surface area (TPSA) is 83.6 Å². The Hall–Kier alpha value is -3.16. The Kier molecular flexibility index (Phi) is 6.41. The minimum atomic E-state index is -0.444. The highest BCUT2D eigenvalue weighted by Crippen LogP contribution is 2.21. The van der Waals surface area contributed by atoms with Crippen LogP contribution in [0.4, 0.5) is 14.9 Å². The first kappa shape index (κ1) is 19.6. The third-order valence-electron chi connectivity index (χ3n) is 4.41. The summed E-state index contributed by atoms with van der Waals surface area (Å²) in [7, 11) is 0. The Morgan fingerprint density at radius 3 is 3.00 bits per heavy atom. The Labute approximate surface area is 162 Å². The first-order chi connectivity index (χ1) is 13.5. The van der Waals surface area contributed by atoms with Crippen LogP contribution < -0.4 is 15.4 Å². The fourth-order valence-corrected chi connectivity index (χ4v) is 3.04. The molecule has 0 bridgehead atoms. The summed E-state index contributed by atoms with van der Waals surface area (Å²) >= 11 is 0. The number of anilines is 1. The first-order valence-electron chi connectivity index (χ1n) is 9.15. The fourth-order valence-electron chi connectivity index (χ4n) is 3.04. The van der Waals surface area contributed by atoms with E-state index in [-0.39, 0.29) is 12.6 Å². The maximum atomic E-state index is 14.0. The van der Waals surface area contributed by atoms with Crippen LogP contribution in [0.1, 0.15) is 24.1 Å². The predicted molar refractivity (Wildman–Crippen MR) is 103 cm³/mol. The van der Waals surface area contributed by atoms with Gasteiger partial charge in [-0.05, 0) is 49.6 Å². The van der Waals surface area contributed by atoms with Crippen molar-refractivity contribution in [2.75, 3.05) is 18.4 Å². The van der Waals surface area contributed by atoms with E-state index in [4.69, 9.17) is 4.74 Å². The van der Waals surface area contributed by atoms with Crippen LogP contribution in [0.5, 0.6) is 5.75 Å². The van der Waals surface area contributed by atoms with E-state index in [1.54, 1.807) is 29.3 Å². The number of hydrogen-bond acceptors (Lipinski definition) is 4. The molecule has 148 valence electrons. The van der Waals surface area contributed by atoms with Gasteiger partial charge >= 0.3 is 6.03 Å². The van der Waals surface area contributed by atoms with Crippen molar-refractivity contribution in [3.8, 4) is 5.75 Å². The number of piperidine rings is 1. The maximum Gasteiger partial charge on any atom is 0.319 e. The molecule has 1 aromatic heterocycles.